The zero-order chi connectivity index (χ0) is 20.6. The minimum atomic E-state index is -0.407. The number of amides is 1. The number of carbonyl (C=O) groups excluding carboxylic acids is 1. The summed E-state index contributed by atoms with van der Waals surface area (Å²) in [7, 11) is 0. The van der Waals surface area contributed by atoms with Crippen LogP contribution in [0.2, 0.25) is 0 Å². The van der Waals surface area contributed by atoms with Crippen LogP contribution < -0.4 is 16.0 Å². The summed E-state index contributed by atoms with van der Waals surface area (Å²) >= 11 is 0. The lowest BCUT2D eigenvalue weighted by Gasteiger charge is -2.30. The fraction of sp³-hybridized carbons (Fsp3) is 0.708. The average Bonchev–Trinajstić information content (AvgIpc) is 3.49. The highest BCUT2D eigenvalue weighted by Gasteiger charge is 2.40. The first kappa shape index (κ1) is 20.6. The van der Waals surface area contributed by atoms with E-state index in [0.717, 1.165) is 43.6 Å². The molecule has 2 saturated carbocycles. The molecule has 3 N–H and O–H groups in total. The minimum Gasteiger partial charge on any atom is -0.368 e. The van der Waals surface area contributed by atoms with Crippen molar-refractivity contribution in [3.8, 4) is 0 Å². The second kappa shape index (κ2) is 8.25. The van der Waals surface area contributed by atoms with E-state index in [-0.39, 0.29) is 23.2 Å². The van der Waals surface area contributed by atoms with Crippen LogP contribution in [-0.4, -0.2) is 31.1 Å². The Labute approximate surface area is 174 Å². The van der Waals surface area contributed by atoms with Crippen LogP contribution >= 0.6 is 0 Å². The number of halogens is 1. The molecular formula is C24H36FN3O. The molecule has 0 spiro atoms. The third-order valence-corrected chi connectivity index (χ3v) is 7.20. The number of hydrogen-bond donors (Lipinski definition) is 2. The summed E-state index contributed by atoms with van der Waals surface area (Å²) in [6, 6.07) is 4.81. The first-order chi connectivity index (χ1) is 13.8. The molecule has 1 heterocycles. The maximum Gasteiger partial charge on any atom is 0.237 e. The predicted octanol–water partition coefficient (Wildman–Crippen LogP) is 4.12. The van der Waals surface area contributed by atoms with E-state index in [1.165, 1.54) is 38.2 Å². The molecule has 29 heavy (non-hydrogen) atoms. The number of nitrogens with one attached hydrogen (secondary N) is 1. The Morgan fingerprint density at radius 2 is 1.97 bits per heavy atom. The Balaban J connectivity index is 1.39. The summed E-state index contributed by atoms with van der Waals surface area (Å²) in [5.74, 6) is 0.961. The maximum absolute atomic E-state index is 13.8. The van der Waals surface area contributed by atoms with Gasteiger partial charge in [-0.3, -0.25) is 4.79 Å². The van der Waals surface area contributed by atoms with E-state index in [1.807, 2.05) is 6.07 Å². The molecule has 5 heteroatoms. The van der Waals surface area contributed by atoms with Crippen molar-refractivity contribution in [2.75, 3.05) is 18.0 Å². The molecule has 0 aromatic heterocycles. The van der Waals surface area contributed by atoms with Gasteiger partial charge < -0.3 is 16.0 Å². The summed E-state index contributed by atoms with van der Waals surface area (Å²) in [6.45, 7) is 5.94. The molecule has 160 valence electrons. The normalized spacial score (nSPS) is 23.5. The number of carbonyl (C=O) groups is 1. The molecule has 2 aliphatic carbocycles. The molecule has 0 saturated heterocycles. The fourth-order valence-corrected chi connectivity index (χ4v) is 5.36. The molecule has 3 aliphatic rings. The molecule has 2 atom stereocenters. The van der Waals surface area contributed by atoms with Gasteiger partial charge >= 0.3 is 0 Å². The van der Waals surface area contributed by atoms with Crippen molar-refractivity contribution in [3.63, 3.8) is 0 Å². The molecule has 0 unspecified atom stereocenters. The van der Waals surface area contributed by atoms with Crippen molar-refractivity contribution in [2.24, 2.45) is 17.6 Å². The molecule has 4 rings (SSSR count). The first-order valence-electron chi connectivity index (χ1n) is 11.4. The lowest BCUT2D eigenvalue weighted by Crippen LogP contribution is -2.51. The second-order valence-corrected chi connectivity index (χ2v) is 10.2. The van der Waals surface area contributed by atoms with Gasteiger partial charge in [0.05, 0.1) is 6.04 Å². The molecular weight excluding hydrogens is 365 g/mol. The summed E-state index contributed by atoms with van der Waals surface area (Å²) in [5, 5.41) is 3.29. The highest BCUT2D eigenvalue weighted by molar-refractivity contribution is 5.82. The summed E-state index contributed by atoms with van der Waals surface area (Å²) in [4.78, 5) is 15.2. The number of fused-ring (bicyclic) bond motifs is 1. The minimum absolute atomic E-state index is 0.00487. The standard InChI is InChI=1S/C24H36FN3O/c1-24(2)15-28(22-11-10-18(25)13-19(22)24)14-21(17-8-9-17)27-23(29)20(26)12-16-6-4-3-5-7-16/h10-11,13,16-17,20-21H,3-9,12,14-15,26H2,1-2H3,(H,27,29)/t20-,21+/m0/s1. The van der Waals surface area contributed by atoms with Gasteiger partial charge in [-0.25, -0.2) is 4.39 Å². The second-order valence-electron chi connectivity index (χ2n) is 10.2. The van der Waals surface area contributed by atoms with Gasteiger partial charge in [-0.15, -0.1) is 0 Å². The van der Waals surface area contributed by atoms with Crippen LogP contribution in [0, 0.1) is 17.7 Å². The van der Waals surface area contributed by atoms with E-state index >= 15 is 0 Å². The summed E-state index contributed by atoms with van der Waals surface area (Å²) < 4.78 is 13.8. The number of nitrogens with two attached hydrogens (primary N) is 1. The van der Waals surface area contributed by atoms with Gasteiger partial charge in [-0.2, -0.15) is 0 Å². The van der Waals surface area contributed by atoms with Crippen molar-refractivity contribution in [2.45, 2.75) is 82.7 Å². The SMILES string of the molecule is CC1(C)CN(C[C@@H](NC(=O)[C@@H](N)CC2CCCCC2)C2CC2)c2ccc(F)cc21. The van der Waals surface area contributed by atoms with Crippen LogP contribution in [0.25, 0.3) is 0 Å². The molecule has 1 aromatic rings. The smallest absolute Gasteiger partial charge is 0.237 e. The third-order valence-electron chi connectivity index (χ3n) is 7.20. The summed E-state index contributed by atoms with van der Waals surface area (Å²) in [5.41, 5.74) is 8.37. The van der Waals surface area contributed by atoms with Crippen molar-refractivity contribution < 1.29 is 9.18 Å². The van der Waals surface area contributed by atoms with Gasteiger partial charge in [-0.1, -0.05) is 46.0 Å². The molecule has 1 aliphatic heterocycles. The Bertz CT molecular complexity index is 740. The number of benzene rings is 1. The third kappa shape index (κ3) is 4.76. The van der Waals surface area contributed by atoms with E-state index in [4.69, 9.17) is 5.73 Å². The van der Waals surface area contributed by atoms with E-state index in [9.17, 15) is 9.18 Å². The molecule has 1 aromatic carbocycles. The van der Waals surface area contributed by atoms with Gasteiger partial charge in [0.25, 0.3) is 0 Å². The van der Waals surface area contributed by atoms with Crippen LogP contribution in [0.4, 0.5) is 10.1 Å². The topological polar surface area (TPSA) is 58.4 Å². The van der Waals surface area contributed by atoms with Gasteiger partial charge in [0.15, 0.2) is 0 Å². The lowest BCUT2D eigenvalue weighted by atomic mass is 9.85. The number of anilines is 1. The molecule has 2 fully saturated rings. The van der Waals surface area contributed by atoms with Crippen molar-refractivity contribution in [3.05, 3.63) is 29.6 Å². The Kier molecular flexibility index (Phi) is 5.87. The zero-order valence-corrected chi connectivity index (χ0v) is 17.9. The number of hydrogen-bond acceptors (Lipinski definition) is 3. The molecule has 0 bridgehead atoms. The van der Waals surface area contributed by atoms with Crippen molar-refractivity contribution >= 4 is 11.6 Å². The quantitative estimate of drug-likeness (QED) is 0.723. The Morgan fingerprint density at radius 1 is 1.24 bits per heavy atom. The van der Waals surface area contributed by atoms with Gasteiger partial charge in [0, 0.05) is 30.2 Å². The fourth-order valence-electron chi connectivity index (χ4n) is 5.36. The number of nitrogens with zero attached hydrogens (tertiary/aromatic N) is 1. The highest BCUT2D eigenvalue weighted by atomic mass is 19.1. The van der Waals surface area contributed by atoms with Crippen molar-refractivity contribution in [1.82, 2.24) is 5.32 Å². The maximum atomic E-state index is 13.8. The highest BCUT2D eigenvalue weighted by Crippen LogP contribution is 2.42. The Morgan fingerprint density at radius 3 is 2.66 bits per heavy atom. The van der Waals surface area contributed by atoms with Crippen LogP contribution in [-0.2, 0) is 10.2 Å². The van der Waals surface area contributed by atoms with Crippen LogP contribution in [0.1, 0.15) is 70.8 Å². The van der Waals surface area contributed by atoms with Gasteiger partial charge in [0.2, 0.25) is 5.91 Å². The van der Waals surface area contributed by atoms with E-state index in [1.54, 1.807) is 6.07 Å². The van der Waals surface area contributed by atoms with Crippen molar-refractivity contribution in [1.29, 1.82) is 0 Å². The number of rotatable bonds is 7. The van der Waals surface area contributed by atoms with Crippen LogP contribution in [0.15, 0.2) is 18.2 Å². The largest absolute Gasteiger partial charge is 0.368 e. The van der Waals surface area contributed by atoms with Crippen LogP contribution in [0.5, 0.6) is 0 Å². The molecule has 1 amide bonds. The lowest BCUT2D eigenvalue weighted by molar-refractivity contribution is -0.123. The monoisotopic (exact) mass is 401 g/mol. The first-order valence-corrected chi connectivity index (χ1v) is 11.4. The average molecular weight is 402 g/mol. The zero-order valence-electron chi connectivity index (χ0n) is 17.9. The van der Waals surface area contributed by atoms with Crippen LogP contribution in [0.3, 0.4) is 0 Å². The summed E-state index contributed by atoms with van der Waals surface area (Å²) in [6.07, 6.45) is 9.42. The van der Waals surface area contributed by atoms with E-state index < -0.39 is 6.04 Å². The predicted molar refractivity (Wildman–Crippen MR) is 115 cm³/mol. The molecule has 0 radical (unpaired) electrons. The van der Waals surface area contributed by atoms with E-state index in [0.29, 0.717) is 11.8 Å². The molecule has 4 nitrogen and oxygen atoms in total. The van der Waals surface area contributed by atoms with Gasteiger partial charge in [0.1, 0.15) is 5.82 Å². The van der Waals surface area contributed by atoms with Gasteiger partial charge in [-0.05, 0) is 54.9 Å². The Hall–Kier alpha value is -1.62. The van der Waals surface area contributed by atoms with E-state index in [2.05, 4.69) is 24.1 Å².